The summed E-state index contributed by atoms with van der Waals surface area (Å²) >= 11 is 6.22. The molecule has 0 aromatic heterocycles. The number of sulfonamides is 1. The summed E-state index contributed by atoms with van der Waals surface area (Å²) in [6.07, 6.45) is 3.78. The van der Waals surface area contributed by atoms with Crippen molar-refractivity contribution in [3.8, 4) is 0 Å². The van der Waals surface area contributed by atoms with Gasteiger partial charge in [0.15, 0.2) is 0 Å². The van der Waals surface area contributed by atoms with Crippen LogP contribution in [-0.2, 0) is 10.0 Å². The molecule has 1 fully saturated rings. The summed E-state index contributed by atoms with van der Waals surface area (Å²) in [5.41, 5.74) is 0.352. The Labute approximate surface area is 162 Å². The van der Waals surface area contributed by atoms with Crippen LogP contribution < -0.4 is 0 Å². The smallest absolute Gasteiger partial charge is 0.254 e. The molecular weight excluding hydrogens is 372 g/mol. The second kappa shape index (κ2) is 8.72. The maximum absolute atomic E-state index is 13.1. The first kappa shape index (κ1) is 21.2. The van der Waals surface area contributed by atoms with Crippen LogP contribution in [0.1, 0.15) is 63.7 Å². The molecular formula is C19H29ClN2O3S. The molecule has 1 aromatic carbocycles. The van der Waals surface area contributed by atoms with Crippen LogP contribution in [-0.4, -0.2) is 48.7 Å². The van der Waals surface area contributed by atoms with Gasteiger partial charge in [-0.3, -0.25) is 4.79 Å². The predicted molar refractivity (Wildman–Crippen MR) is 105 cm³/mol. The Hall–Kier alpha value is -1.11. The molecule has 7 heteroatoms. The van der Waals surface area contributed by atoms with Gasteiger partial charge in [-0.05, 0) is 58.7 Å². The Morgan fingerprint density at radius 3 is 2.08 bits per heavy atom. The van der Waals surface area contributed by atoms with Crippen molar-refractivity contribution in [2.75, 3.05) is 13.1 Å². The fourth-order valence-electron chi connectivity index (χ4n) is 3.47. The van der Waals surface area contributed by atoms with E-state index in [1.807, 2.05) is 27.7 Å². The van der Waals surface area contributed by atoms with Gasteiger partial charge in [-0.2, -0.15) is 4.31 Å². The van der Waals surface area contributed by atoms with Gasteiger partial charge in [-0.15, -0.1) is 0 Å². The van der Waals surface area contributed by atoms with E-state index in [-0.39, 0.29) is 27.9 Å². The molecule has 0 aliphatic carbocycles. The van der Waals surface area contributed by atoms with Crippen molar-refractivity contribution in [3.05, 3.63) is 28.8 Å². The maximum Gasteiger partial charge on any atom is 0.254 e. The standard InChI is InChI=1S/C19H29ClN2O3S/c1-14(2)22(15(3)4)19(23)16-9-10-17(20)18(13-16)26(24,25)21-11-7-5-6-8-12-21/h9-10,13-15H,5-8,11-12H2,1-4H3. The highest BCUT2D eigenvalue weighted by Gasteiger charge is 2.29. The highest BCUT2D eigenvalue weighted by Crippen LogP contribution is 2.28. The number of amides is 1. The highest BCUT2D eigenvalue weighted by atomic mass is 35.5. The van der Waals surface area contributed by atoms with Crippen molar-refractivity contribution < 1.29 is 13.2 Å². The molecule has 1 aliphatic rings. The van der Waals surface area contributed by atoms with E-state index in [4.69, 9.17) is 11.6 Å². The zero-order valence-electron chi connectivity index (χ0n) is 16.0. The van der Waals surface area contributed by atoms with Gasteiger partial charge >= 0.3 is 0 Å². The molecule has 0 atom stereocenters. The summed E-state index contributed by atoms with van der Waals surface area (Å²) in [6, 6.07) is 4.58. The minimum absolute atomic E-state index is 0.0174. The molecule has 146 valence electrons. The molecule has 1 heterocycles. The Morgan fingerprint density at radius 2 is 1.58 bits per heavy atom. The second-order valence-corrected chi connectivity index (χ2v) is 9.68. The van der Waals surface area contributed by atoms with Gasteiger partial charge in [0, 0.05) is 30.7 Å². The first-order valence-electron chi connectivity index (χ1n) is 9.28. The maximum atomic E-state index is 13.1. The molecule has 0 saturated carbocycles. The lowest BCUT2D eigenvalue weighted by atomic mass is 10.1. The van der Waals surface area contributed by atoms with Crippen LogP contribution in [0.4, 0.5) is 0 Å². The SMILES string of the molecule is CC(C)N(C(=O)c1ccc(Cl)c(S(=O)(=O)N2CCCCCC2)c1)C(C)C. The van der Waals surface area contributed by atoms with Crippen LogP contribution in [0.5, 0.6) is 0 Å². The van der Waals surface area contributed by atoms with Crippen molar-refractivity contribution in [2.45, 2.75) is 70.4 Å². The highest BCUT2D eigenvalue weighted by molar-refractivity contribution is 7.89. The molecule has 2 rings (SSSR count). The average Bonchev–Trinajstić information content (AvgIpc) is 2.84. The van der Waals surface area contributed by atoms with Gasteiger partial charge in [0.05, 0.1) is 5.02 Å². The largest absolute Gasteiger partial charge is 0.334 e. The Morgan fingerprint density at radius 1 is 1.04 bits per heavy atom. The molecule has 0 N–H and O–H groups in total. The lowest BCUT2D eigenvalue weighted by molar-refractivity contribution is 0.0643. The van der Waals surface area contributed by atoms with Crippen molar-refractivity contribution in [3.63, 3.8) is 0 Å². The Kier molecular flexibility index (Phi) is 7.11. The van der Waals surface area contributed by atoms with Gasteiger partial charge < -0.3 is 4.90 Å². The fourth-order valence-corrected chi connectivity index (χ4v) is 5.49. The van der Waals surface area contributed by atoms with Crippen LogP contribution >= 0.6 is 11.6 Å². The van der Waals surface area contributed by atoms with Crippen LogP contribution in [0.3, 0.4) is 0 Å². The van der Waals surface area contributed by atoms with E-state index in [2.05, 4.69) is 0 Å². The van der Waals surface area contributed by atoms with Crippen LogP contribution in [0.2, 0.25) is 5.02 Å². The summed E-state index contributed by atoms with van der Waals surface area (Å²) < 4.78 is 27.7. The van der Waals surface area contributed by atoms with Crippen molar-refractivity contribution in [2.24, 2.45) is 0 Å². The van der Waals surface area contributed by atoms with Gasteiger partial charge in [-0.1, -0.05) is 24.4 Å². The number of benzene rings is 1. The van der Waals surface area contributed by atoms with Gasteiger partial charge in [-0.25, -0.2) is 8.42 Å². The number of rotatable bonds is 5. The Balaban J connectivity index is 2.41. The monoisotopic (exact) mass is 400 g/mol. The fraction of sp³-hybridized carbons (Fsp3) is 0.632. The minimum Gasteiger partial charge on any atom is -0.334 e. The molecule has 0 radical (unpaired) electrons. The van der Waals surface area contributed by atoms with Crippen LogP contribution in [0.25, 0.3) is 0 Å². The molecule has 0 bridgehead atoms. The molecule has 0 unspecified atom stereocenters. The molecule has 1 aromatic rings. The number of carbonyl (C=O) groups is 1. The summed E-state index contributed by atoms with van der Waals surface area (Å²) in [7, 11) is -3.71. The number of carbonyl (C=O) groups excluding carboxylic acids is 1. The van der Waals surface area contributed by atoms with Gasteiger partial charge in [0.1, 0.15) is 4.90 Å². The summed E-state index contributed by atoms with van der Waals surface area (Å²) in [6.45, 7) is 8.79. The van der Waals surface area contributed by atoms with E-state index in [1.165, 1.54) is 16.4 Å². The molecule has 5 nitrogen and oxygen atoms in total. The number of halogens is 1. The van der Waals surface area contributed by atoms with Gasteiger partial charge in [0.25, 0.3) is 5.91 Å². The normalized spacial score (nSPS) is 16.7. The zero-order valence-corrected chi connectivity index (χ0v) is 17.6. The van der Waals surface area contributed by atoms with E-state index in [0.29, 0.717) is 18.7 Å². The molecule has 0 spiro atoms. The van der Waals surface area contributed by atoms with E-state index in [1.54, 1.807) is 11.0 Å². The molecule has 1 aliphatic heterocycles. The van der Waals surface area contributed by atoms with Crippen molar-refractivity contribution >= 4 is 27.5 Å². The number of nitrogens with zero attached hydrogens (tertiary/aromatic N) is 2. The first-order chi connectivity index (χ1) is 12.2. The quantitative estimate of drug-likeness (QED) is 0.745. The van der Waals surface area contributed by atoms with Crippen molar-refractivity contribution in [1.29, 1.82) is 0 Å². The lowest BCUT2D eigenvalue weighted by Crippen LogP contribution is -2.42. The molecule has 1 amide bonds. The number of hydrogen-bond acceptors (Lipinski definition) is 3. The summed E-state index contributed by atoms with van der Waals surface area (Å²) in [4.78, 5) is 14.7. The third-order valence-corrected chi connectivity index (χ3v) is 7.09. The zero-order chi connectivity index (χ0) is 19.5. The van der Waals surface area contributed by atoms with Crippen LogP contribution in [0, 0.1) is 0 Å². The topological polar surface area (TPSA) is 57.7 Å². The van der Waals surface area contributed by atoms with Gasteiger partial charge in [0.2, 0.25) is 10.0 Å². The number of hydrogen-bond donors (Lipinski definition) is 0. The Bertz CT molecular complexity index is 731. The van der Waals surface area contributed by atoms with E-state index < -0.39 is 10.0 Å². The van der Waals surface area contributed by atoms with Crippen molar-refractivity contribution in [1.82, 2.24) is 9.21 Å². The van der Waals surface area contributed by atoms with E-state index in [9.17, 15) is 13.2 Å². The van der Waals surface area contributed by atoms with Crippen LogP contribution in [0.15, 0.2) is 23.1 Å². The first-order valence-corrected chi connectivity index (χ1v) is 11.1. The third kappa shape index (κ3) is 4.59. The van der Waals surface area contributed by atoms with E-state index in [0.717, 1.165) is 25.7 Å². The predicted octanol–water partition coefficient (Wildman–Crippen LogP) is 4.16. The molecule has 26 heavy (non-hydrogen) atoms. The summed E-state index contributed by atoms with van der Waals surface area (Å²) in [5.74, 6) is -0.181. The summed E-state index contributed by atoms with van der Waals surface area (Å²) in [5, 5.41) is 0.159. The molecule has 1 saturated heterocycles. The third-order valence-electron chi connectivity index (χ3n) is 4.71. The van der Waals surface area contributed by atoms with E-state index >= 15 is 0 Å². The second-order valence-electron chi connectivity index (χ2n) is 7.36. The average molecular weight is 401 g/mol. The minimum atomic E-state index is -3.71. The lowest BCUT2D eigenvalue weighted by Gasteiger charge is -2.31.